The van der Waals surface area contributed by atoms with Gasteiger partial charge in [0.1, 0.15) is 10.6 Å². The molecule has 0 fully saturated rings. The van der Waals surface area contributed by atoms with Gasteiger partial charge in [-0.3, -0.25) is 10.1 Å². The molecule has 31 heavy (non-hydrogen) atoms. The van der Waals surface area contributed by atoms with Crippen LogP contribution in [0.3, 0.4) is 0 Å². The van der Waals surface area contributed by atoms with E-state index in [1.807, 2.05) is 22.9 Å². The van der Waals surface area contributed by atoms with E-state index >= 15 is 0 Å². The van der Waals surface area contributed by atoms with Crippen molar-refractivity contribution in [3.8, 4) is 10.4 Å². The van der Waals surface area contributed by atoms with E-state index in [9.17, 15) is 14.4 Å². The van der Waals surface area contributed by atoms with Gasteiger partial charge in [-0.2, -0.15) is 0 Å². The van der Waals surface area contributed by atoms with Crippen molar-refractivity contribution in [2.24, 2.45) is 0 Å². The van der Waals surface area contributed by atoms with Crippen LogP contribution in [0.4, 0.5) is 14.9 Å². The molecule has 164 valence electrons. The van der Waals surface area contributed by atoms with E-state index in [1.54, 1.807) is 13.8 Å². The number of carbonyl (C=O) groups excluding carboxylic acids is 3. The zero-order chi connectivity index (χ0) is 22.2. The molecule has 3 heterocycles. The molecule has 3 aromatic heterocycles. The van der Waals surface area contributed by atoms with Gasteiger partial charge in [-0.15, -0.1) is 32.9 Å². The first-order valence-electron chi connectivity index (χ1n) is 9.04. The molecule has 0 aliphatic rings. The average Bonchev–Trinajstić information content (AvgIpc) is 3.47. The number of aromatic nitrogens is 2. The van der Waals surface area contributed by atoms with Gasteiger partial charge in [0.05, 0.1) is 19.0 Å². The second kappa shape index (κ2) is 11.2. The number of amides is 2. The molecule has 9 nitrogen and oxygen atoms in total. The zero-order valence-corrected chi connectivity index (χ0v) is 19.8. The summed E-state index contributed by atoms with van der Waals surface area (Å²) in [4.78, 5) is 37.3. The summed E-state index contributed by atoms with van der Waals surface area (Å²) < 4.78 is 10.5. The molecule has 13 heteroatoms. The molecule has 0 aliphatic carbocycles. The highest BCUT2D eigenvalue weighted by Crippen LogP contribution is 2.38. The van der Waals surface area contributed by atoms with Crippen LogP contribution in [-0.2, 0) is 14.3 Å². The number of ether oxygens (including phenoxy) is 2. The summed E-state index contributed by atoms with van der Waals surface area (Å²) in [5.41, 5.74) is 1.09. The largest absolute Gasteiger partial charge is 0.462 e. The van der Waals surface area contributed by atoms with Gasteiger partial charge in [-0.25, -0.2) is 9.59 Å². The monoisotopic (exact) mass is 498 g/mol. The Bertz CT molecular complexity index is 1050. The van der Waals surface area contributed by atoms with Crippen molar-refractivity contribution in [3.63, 3.8) is 0 Å². The molecule has 0 aliphatic heterocycles. The topological polar surface area (TPSA) is 120 Å². The molecule has 0 aromatic carbocycles. The highest BCUT2D eigenvalue weighted by Gasteiger charge is 2.23. The van der Waals surface area contributed by atoms with E-state index in [4.69, 9.17) is 9.47 Å². The van der Waals surface area contributed by atoms with Crippen LogP contribution in [0.15, 0.2) is 27.2 Å². The Morgan fingerprint density at radius 3 is 2.61 bits per heavy atom. The lowest BCUT2D eigenvalue weighted by molar-refractivity contribution is -0.113. The van der Waals surface area contributed by atoms with E-state index in [2.05, 4.69) is 20.8 Å². The van der Waals surface area contributed by atoms with Gasteiger partial charge in [0.2, 0.25) is 11.0 Å². The lowest BCUT2D eigenvalue weighted by Gasteiger charge is -2.07. The predicted molar refractivity (Wildman–Crippen MR) is 123 cm³/mol. The lowest BCUT2D eigenvalue weighted by atomic mass is 10.1. The summed E-state index contributed by atoms with van der Waals surface area (Å²) in [6.45, 7) is 3.92. The van der Waals surface area contributed by atoms with Crippen molar-refractivity contribution in [3.05, 3.63) is 28.5 Å². The quantitative estimate of drug-likeness (QED) is 0.245. The Morgan fingerprint density at radius 1 is 1.10 bits per heavy atom. The van der Waals surface area contributed by atoms with Crippen molar-refractivity contribution in [1.82, 2.24) is 10.2 Å². The highest BCUT2D eigenvalue weighted by molar-refractivity contribution is 8.01. The van der Waals surface area contributed by atoms with Crippen molar-refractivity contribution in [2.45, 2.75) is 18.2 Å². The number of nitrogens with zero attached hydrogens (tertiary/aromatic N) is 2. The van der Waals surface area contributed by atoms with Crippen LogP contribution in [0.1, 0.15) is 24.2 Å². The molecular formula is C18H18N4O5S4. The second-order valence-corrected chi connectivity index (χ2v) is 9.63. The van der Waals surface area contributed by atoms with Gasteiger partial charge in [-0.1, -0.05) is 29.2 Å². The molecule has 0 bridgehead atoms. The molecule has 2 amide bonds. The molecule has 0 radical (unpaired) electrons. The fourth-order valence-corrected chi connectivity index (χ4v) is 5.66. The first kappa shape index (κ1) is 23.2. The maximum atomic E-state index is 12.5. The van der Waals surface area contributed by atoms with E-state index in [0.29, 0.717) is 14.9 Å². The molecule has 0 unspecified atom stereocenters. The third kappa shape index (κ3) is 6.26. The summed E-state index contributed by atoms with van der Waals surface area (Å²) in [7, 11) is 0. The van der Waals surface area contributed by atoms with Gasteiger partial charge in [0, 0.05) is 15.8 Å². The van der Waals surface area contributed by atoms with E-state index in [0.717, 1.165) is 21.8 Å². The first-order valence-corrected chi connectivity index (χ1v) is 12.6. The molecule has 0 saturated heterocycles. The Morgan fingerprint density at radius 2 is 1.90 bits per heavy atom. The fraction of sp³-hybridized carbons (Fsp3) is 0.278. The number of anilines is 2. The smallest absolute Gasteiger partial charge is 0.413 e. The average molecular weight is 499 g/mol. The standard InChI is InChI=1S/C18H18N4O5S4/c1-3-26-15(24)13-10(11-6-5-7-28-11)8-29-14(13)19-12(23)9-30-18-22-21-16(31-18)20-17(25)27-4-2/h5-8H,3-4,9H2,1-2H3,(H,19,23)(H,20,21,25). The second-order valence-electron chi connectivity index (χ2n) is 5.61. The summed E-state index contributed by atoms with van der Waals surface area (Å²) >= 11 is 5.08. The number of thiophene rings is 2. The predicted octanol–water partition coefficient (Wildman–Crippen LogP) is 4.80. The van der Waals surface area contributed by atoms with Crippen molar-refractivity contribution >= 4 is 73.9 Å². The van der Waals surface area contributed by atoms with Crippen LogP contribution in [0.5, 0.6) is 0 Å². The lowest BCUT2D eigenvalue weighted by Crippen LogP contribution is -2.16. The highest BCUT2D eigenvalue weighted by atomic mass is 32.2. The van der Waals surface area contributed by atoms with Crippen LogP contribution in [0, 0.1) is 0 Å². The first-order chi connectivity index (χ1) is 15.0. The number of hydrogen-bond donors (Lipinski definition) is 2. The molecular weight excluding hydrogens is 480 g/mol. The summed E-state index contributed by atoms with van der Waals surface area (Å²) in [6, 6.07) is 3.81. The molecule has 0 atom stereocenters. The minimum Gasteiger partial charge on any atom is -0.462 e. The number of nitrogens with one attached hydrogen (secondary N) is 2. The maximum absolute atomic E-state index is 12.5. The Balaban J connectivity index is 1.64. The molecule has 0 saturated carbocycles. The van der Waals surface area contributed by atoms with Crippen LogP contribution < -0.4 is 10.6 Å². The van der Waals surface area contributed by atoms with E-state index in [-0.39, 0.29) is 30.0 Å². The van der Waals surface area contributed by atoms with Crippen molar-refractivity contribution < 1.29 is 23.9 Å². The number of rotatable bonds is 9. The minimum absolute atomic E-state index is 0.0581. The van der Waals surface area contributed by atoms with E-state index < -0.39 is 12.1 Å². The molecule has 0 spiro atoms. The van der Waals surface area contributed by atoms with Crippen LogP contribution in [0.25, 0.3) is 10.4 Å². The van der Waals surface area contributed by atoms with Crippen LogP contribution >= 0.6 is 45.8 Å². The number of hydrogen-bond acceptors (Lipinski definition) is 11. The minimum atomic E-state index is -0.612. The van der Waals surface area contributed by atoms with Crippen molar-refractivity contribution in [2.75, 3.05) is 29.6 Å². The van der Waals surface area contributed by atoms with E-state index in [1.165, 1.54) is 34.4 Å². The van der Waals surface area contributed by atoms with Gasteiger partial charge in [-0.05, 0) is 25.3 Å². The van der Waals surface area contributed by atoms with Crippen LogP contribution in [0.2, 0.25) is 0 Å². The third-order valence-electron chi connectivity index (χ3n) is 3.53. The van der Waals surface area contributed by atoms with Gasteiger partial charge < -0.3 is 14.8 Å². The number of thioether (sulfide) groups is 1. The summed E-state index contributed by atoms with van der Waals surface area (Å²) in [6.07, 6.45) is -0.612. The SMILES string of the molecule is CCOC(=O)Nc1nnc(SCC(=O)Nc2scc(-c3cccs3)c2C(=O)OCC)s1. The van der Waals surface area contributed by atoms with Gasteiger partial charge in [0.25, 0.3) is 0 Å². The zero-order valence-electron chi connectivity index (χ0n) is 16.5. The summed E-state index contributed by atoms with van der Waals surface area (Å²) in [5.74, 6) is -0.721. The maximum Gasteiger partial charge on any atom is 0.413 e. The van der Waals surface area contributed by atoms with Crippen molar-refractivity contribution in [1.29, 1.82) is 0 Å². The molecule has 2 N–H and O–H groups in total. The Kier molecular flexibility index (Phi) is 8.40. The molecule has 3 aromatic rings. The fourth-order valence-electron chi connectivity index (χ4n) is 2.33. The number of esters is 1. The third-order valence-corrected chi connectivity index (χ3v) is 7.30. The number of carbonyl (C=O) groups is 3. The van der Waals surface area contributed by atoms with Gasteiger partial charge >= 0.3 is 12.1 Å². The van der Waals surface area contributed by atoms with Crippen LogP contribution in [-0.4, -0.2) is 47.1 Å². The Labute approximate surface area is 194 Å². The normalized spacial score (nSPS) is 10.5. The Hall–Kier alpha value is -2.48. The molecule has 3 rings (SSSR count). The van der Waals surface area contributed by atoms with Gasteiger partial charge in [0.15, 0.2) is 4.34 Å². The summed E-state index contributed by atoms with van der Waals surface area (Å²) in [5, 5.41) is 17.5.